The zero-order valence-electron chi connectivity index (χ0n) is 12.8. The lowest BCUT2D eigenvalue weighted by Crippen LogP contribution is -2.30. The fraction of sp³-hybridized carbons (Fsp3) is 0.250. The van der Waals surface area contributed by atoms with E-state index in [-0.39, 0.29) is 11.3 Å². The number of alkyl halides is 3. The van der Waals surface area contributed by atoms with Crippen LogP contribution >= 0.6 is 0 Å². The first kappa shape index (κ1) is 16.8. The average molecular weight is 324 g/mol. The number of hydrogen-bond acceptors (Lipinski definition) is 2. The first-order valence-corrected chi connectivity index (χ1v) is 6.77. The lowest BCUT2D eigenvalue weighted by molar-refractivity contribution is -0.137. The molecule has 2 aromatic rings. The van der Waals surface area contributed by atoms with Crippen molar-refractivity contribution >= 4 is 11.6 Å². The van der Waals surface area contributed by atoms with Crippen LogP contribution in [0.1, 0.15) is 27.2 Å². The molecule has 0 aliphatic heterocycles. The molecule has 0 aliphatic rings. The highest BCUT2D eigenvalue weighted by atomic mass is 19.4. The summed E-state index contributed by atoms with van der Waals surface area (Å²) in [7, 11) is 1.55. The summed E-state index contributed by atoms with van der Waals surface area (Å²) >= 11 is 0. The number of carbonyl (C=O) groups excluding carboxylic acids is 1. The van der Waals surface area contributed by atoms with E-state index in [2.05, 4.69) is 5.32 Å². The number of carbonyl (C=O) groups is 1. The Balaban J connectivity index is 2.30. The van der Waals surface area contributed by atoms with Crippen LogP contribution < -0.4 is 10.9 Å². The molecule has 0 unspecified atom stereocenters. The molecule has 23 heavy (non-hydrogen) atoms. The molecule has 0 bridgehead atoms. The molecule has 122 valence electrons. The van der Waals surface area contributed by atoms with Crippen molar-refractivity contribution in [1.29, 1.82) is 0 Å². The maximum absolute atomic E-state index is 12.5. The van der Waals surface area contributed by atoms with Gasteiger partial charge in [0.25, 0.3) is 11.5 Å². The van der Waals surface area contributed by atoms with Gasteiger partial charge in [0.2, 0.25) is 0 Å². The van der Waals surface area contributed by atoms with Gasteiger partial charge in [-0.05, 0) is 49.7 Å². The van der Waals surface area contributed by atoms with E-state index in [1.807, 2.05) is 0 Å². The first-order valence-electron chi connectivity index (χ1n) is 6.77. The van der Waals surface area contributed by atoms with E-state index in [0.717, 1.165) is 24.3 Å². The van der Waals surface area contributed by atoms with Crippen molar-refractivity contribution in [2.45, 2.75) is 20.0 Å². The topological polar surface area (TPSA) is 51.1 Å². The van der Waals surface area contributed by atoms with Crippen molar-refractivity contribution in [3.05, 3.63) is 63.1 Å². The Hall–Kier alpha value is -2.57. The van der Waals surface area contributed by atoms with Gasteiger partial charge in [-0.3, -0.25) is 9.59 Å². The van der Waals surface area contributed by atoms with Crippen molar-refractivity contribution in [2.24, 2.45) is 7.05 Å². The molecule has 0 aliphatic carbocycles. The standard InChI is InChI=1S/C16H15F3N2O2/c1-9-8-10(2)21(3)15(23)13(9)14(22)20-12-6-4-11(5-7-12)16(17,18)19/h4-8H,1-3H3,(H,20,22). The lowest BCUT2D eigenvalue weighted by Gasteiger charge is -2.12. The minimum absolute atomic E-state index is 0.0296. The predicted octanol–water partition coefficient (Wildman–Crippen LogP) is 3.27. The third-order valence-corrected chi connectivity index (χ3v) is 3.56. The maximum atomic E-state index is 12.5. The van der Waals surface area contributed by atoms with Crippen LogP contribution in [0.3, 0.4) is 0 Å². The minimum atomic E-state index is -4.44. The fourth-order valence-electron chi connectivity index (χ4n) is 2.19. The second-order valence-electron chi connectivity index (χ2n) is 5.24. The van der Waals surface area contributed by atoms with Crippen molar-refractivity contribution in [2.75, 3.05) is 5.32 Å². The lowest BCUT2D eigenvalue weighted by atomic mass is 10.1. The van der Waals surface area contributed by atoms with Crippen molar-refractivity contribution < 1.29 is 18.0 Å². The number of rotatable bonds is 2. The van der Waals surface area contributed by atoms with Crippen molar-refractivity contribution in [3.63, 3.8) is 0 Å². The van der Waals surface area contributed by atoms with Gasteiger partial charge in [0.15, 0.2) is 0 Å². The Kier molecular flexibility index (Phi) is 4.31. The molecule has 0 spiro atoms. The molecule has 0 atom stereocenters. The number of amides is 1. The average Bonchev–Trinajstić information content (AvgIpc) is 2.44. The van der Waals surface area contributed by atoms with Gasteiger partial charge in [-0.2, -0.15) is 13.2 Å². The van der Waals surface area contributed by atoms with Gasteiger partial charge >= 0.3 is 6.18 Å². The van der Waals surface area contributed by atoms with Gasteiger partial charge in [-0.1, -0.05) is 0 Å². The van der Waals surface area contributed by atoms with Crippen LogP contribution in [-0.4, -0.2) is 10.5 Å². The number of nitrogens with one attached hydrogen (secondary N) is 1. The fourth-order valence-corrected chi connectivity index (χ4v) is 2.19. The number of benzene rings is 1. The quantitative estimate of drug-likeness (QED) is 0.922. The van der Waals surface area contributed by atoms with Crippen molar-refractivity contribution in [1.82, 2.24) is 4.57 Å². The molecule has 0 fully saturated rings. The van der Waals surface area contributed by atoms with E-state index >= 15 is 0 Å². The summed E-state index contributed by atoms with van der Waals surface area (Å²) in [4.78, 5) is 24.4. The van der Waals surface area contributed by atoms with E-state index < -0.39 is 23.2 Å². The molecule has 4 nitrogen and oxygen atoms in total. The normalized spacial score (nSPS) is 11.4. The SMILES string of the molecule is Cc1cc(C)n(C)c(=O)c1C(=O)Nc1ccc(C(F)(F)F)cc1. The highest BCUT2D eigenvalue weighted by molar-refractivity contribution is 6.05. The molecule has 0 radical (unpaired) electrons. The Morgan fingerprint density at radius 3 is 2.22 bits per heavy atom. The smallest absolute Gasteiger partial charge is 0.322 e. The van der Waals surface area contributed by atoms with Crippen LogP contribution in [0.5, 0.6) is 0 Å². The monoisotopic (exact) mass is 324 g/mol. The number of pyridine rings is 1. The van der Waals surface area contributed by atoms with Gasteiger partial charge in [-0.15, -0.1) is 0 Å². The second-order valence-corrected chi connectivity index (χ2v) is 5.24. The highest BCUT2D eigenvalue weighted by Crippen LogP contribution is 2.29. The largest absolute Gasteiger partial charge is 0.416 e. The van der Waals surface area contributed by atoms with Gasteiger partial charge < -0.3 is 9.88 Å². The van der Waals surface area contributed by atoms with E-state index in [4.69, 9.17) is 0 Å². The van der Waals surface area contributed by atoms with Gasteiger partial charge in [0, 0.05) is 18.4 Å². The van der Waals surface area contributed by atoms with Crippen LogP contribution in [0.15, 0.2) is 35.1 Å². The van der Waals surface area contributed by atoms with E-state index in [9.17, 15) is 22.8 Å². The molecule has 7 heteroatoms. The number of hydrogen-bond donors (Lipinski definition) is 1. The van der Waals surface area contributed by atoms with Crippen LogP contribution in [0.2, 0.25) is 0 Å². The maximum Gasteiger partial charge on any atom is 0.416 e. The van der Waals surface area contributed by atoms with Crippen LogP contribution in [0.4, 0.5) is 18.9 Å². The molecule has 2 rings (SSSR count). The summed E-state index contributed by atoms with van der Waals surface area (Å²) in [5.41, 5.74) is 0.112. The third kappa shape index (κ3) is 3.44. The van der Waals surface area contributed by atoms with Crippen LogP contribution in [0, 0.1) is 13.8 Å². The Morgan fingerprint density at radius 1 is 1.13 bits per heavy atom. The third-order valence-electron chi connectivity index (χ3n) is 3.56. The summed E-state index contributed by atoms with van der Waals surface area (Å²) in [6.07, 6.45) is -4.44. The van der Waals surface area contributed by atoms with Gasteiger partial charge in [0.1, 0.15) is 5.56 Å². The zero-order chi connectivity index (χ0) is 17.4. The molecular weight excluding hydrogens is 309 g/mol. The predicted molar refractivity (Wildman–Crippen MR) is 80.6 cm³/mol. The molecule has 1 aromatic carbocycles. The number of nitrogens with zero attached hydrogens (tertiary/aromatic N) is 1. The summed E-state index contributed by atoms with van der Waals surface area (Å²) < 4.78 is 38.9. The molecule has 1 amide bonds. The van der Waals surface area contributed by atoms with E-state index in [0.29, 0.717) is 11.3 Å². The summed E-state index contributed by atoms with van der Waals surface area (Å²) in [6, 6.07) is 5.73. The summed E-state index contributed by atoms with van der Waals surface area (Å²) in [6.45, 7) is 3.38. The van der Waals surface area contributed by atoms with Gasteiger partial charge in [0.05, 0.1) is 5.56 Å². The molecule has 1 aromatic heterocycles. The van der Waals surface area contributed by atoms with Gasteiger partial charge in [-0.25, -0.2) is 0 Å². The Morgan fingerprint density at radius 2 is 1.70 bits per heavy atom. The molecule has 0 saturated carbocycles. The number of aryl methyl sites for hydroxylation is 2. The molecule has 0 saturated heterocycles. The first-order chi connectivity index (χ1) is 10.6. The zero-order valence-corrected chi connectivity index (χ0v) is 12.8. The molecule has 1 N–H and O–H groups in total. The molecular formula is C16H15F3N2O2. The van der Waals surface area contributed by atoms with E-state index in [1.54, 1.807) is 27.0 Å². The number of halogens is 3. The number of aromatic nitrogens is 1. The van der Waals surface area contributed by atoms with E-state index in [1.165, 1.54) is 4.57 Å². The summed E-state index contributed by atoms with van der Waals surface area (Å²) in [5.74, 6) is -0.650. The Labute approximate surface area is 130 Å². The Bertz CT molecular complexity index is 806. The van der Waals surface area contributed by atoms with Crippen molar-refractivity contribution in [3.8, 4) is 0 Å². The molecule has 1 heterocycles. The summed E-state index contributed by atoms with van der Waals surface area (Å²) in [5, 5.41) is 2.45. The second kappa shape index (κ2) is 5.91. The highest BCUT2D eigenvalue weighted by Gasteiger charge is 2.30. The minimum Gasteiger partial charge on any atom is -0.322 e. The van der Waals surface area contributed by atoms with Crippen LogP contribution in [0.25, 0.3) is 0 Å². The number of anilines is 1. The van der Waals surface area contributed by atoms with Crippen LogP contribution in [-0.2, 0) is 13.2 Å².